The normalized spacial score (nSPS) is 16.8. The highest BCUT2D eigenvalue weighted by Gasteiger charge is 2.26. The molecule has 2 N–H and O–H groups in total. The molecule has 0 aromatic heterocycles. The molecule has 0 radical (unpaired) electrons. The van der Waals surface area contributed by atoms with Crippen LogP contribution in [0.15, 0.2) is 36.4 Å². The van der Waals surface area contributed by atoms with Crippen molar-refractivity contribution in [2.75, 3.05) is 28.6 Å². The van der Waals surface area contributed by atoms with Gasteiger partial charge in [0.05, 0.1) is 11.3 Å². The molecule has 0 unspecified atom stereocenters. The first-order chi connectivity index (χ1) is 14.5. The Hall–Kier alpha value is -3.40. The zero-order chi connectivity index (χ0) is 21.1. The van der Waals surface area contributed by atoms with Crippen molar-refractivity contribution in [2.45, 2.75) is 32.1 Å². The van der Waals surface area contributed by atoms with E-state index < -0.39 is 5.82 Å². The molecule has 154 valence electrons. The van der Waals surface area contributed by atoms with Crippen molar-refractivity contribution in [3.63, 3.8) is 0 Å². The number of nitrogens with one attached hydrogen (secondary N) is 2. The van der Waals surface area contributed by atoms with Gasteiger partial charge in [0.15, 0.2) is 0 Å². The summed E-state index contributed by atoms with van der Waals surface area (Å²) in [5, 5.41) is 15.2. The van der Waals surface area contributed by atoms with E-state index >= 15 is 0 Å². The summed E-state index contributed by atoms with van der Waals surface area (Å²) >= 11 is 0. The molecule has 30 heavy (non-hydrogen) atoms. The molecule has 0 saturated carbocycles. The number of hydrogen-bond acceptors (Lipinski definition) is 4. The highest BCUT2D eigenvalue weighted by atomic mass is 19.1. The van der Waals surface area contributed by atoms with Crippen LogP contribution in [-0.4, -0.2) is 24.9 Å². The summed E-state index contributed by atoms with van der Waals surface area (Å²) in [7, 11) is 0. The molecule has 4 rings (SSSR count). The third kappa shape index (κ3) is 4.28. The van der Waals surface area contributed by atoms with Crippen LogP contribution in [0.4, 0.5) is 21.5 Å². The monoisotopic (exact) mass is 406 g/mol. The smallest absolute Gasteiger partial charge is 0.227 e. The lowest BCUT2D eigenvalue weighted by molar-refractivity contribution is -0.120. The first-order valence-corrected chi connectivity index (χ1v) is 10.2. The number of rotatable bonds is 3. The van der Waals surface area contributed by atoms with Gasteiger partial charge in [-0.2, -0.15) is 5.26 Å². The first kappa shape index (κ1) is 19.9. The first-order valence-electron chi connectivity index (χ1n) is 10.2. The molecule has 1 fully saturated rings. The minimum atomic E-state index is -0.426. The summed E-state index contributed by atoms with van der Waals surface area (Å²) in [4.78, 5) is 26.5. The van der Waals surface area contributed by atoms with E-state index in [1.54, 1.807) is 6.07 Å². The van der Waals surface area contributed by atoms with Gasteiger partial charge in [0.1, 0.15) is 11.9 Å². The summed E-state index contributed by atoms with van der Waals surface area (Å²) in [5.41, 5.74) is 3.62. The van der Waals surface area contributed by atoms with Gasteiger partial charge in [-0.25, -0.2) is 4.39 Å². The van der Waals surface area contributed by atoms with Crippen molar-refractivity contribution < 1.29 is 14.0 Å². The number of carbonyl (C=O) groups excluding carboxylic acids is 2. The predicted octanol–water partition coefficient (Wildman–Crippen LogP) is 3.83. The van der Waals surface area contributed by atoms with Gasteiger partial charge in [0.25, 0.3) is 0 Å². The van der Waals surface area contributed by atoms with Crippen molar-refractivity contribution in [2.24, 2.45) is 5.92 Å². The fourth-order valence-corrected chi connectivity index (χ4v) is 4.15. The summed E-state index contributed by atoms with van der Waals surface area (Å²) in [6.07, 6.45) is 3.43. The number of carbonyl (C=O) groups is 2. The molecule has 2 aliphatic heterocycles. The Morgan fingerprint density at radius 3 is 2.73 bits per heavy atom. The minimum Gasteiger partial charge on any atom is -0.370 e. The second-order valence-corrected chi connectivity index (χ2v) is 7.80. The zero-order valence-electron chi connectivity index (χ0n) is 16.6. The van der Waals surface area contributed by atoms with Crippen LogP contribution in [0.1, 0.15) is 36.8 Å². The van der Waals surface area contributed by atoms with Crippen LogP contribution in [0, 0.1) is 23.1 Å². The largest absolute Gasteiger partial charge is 0.370 e. The van der Waals surface area contributed by atoms with Crippen LogP contribution < -0.4 is 15.5 Å². The summed E-state index contributed by atoms with van der Waals surface area (Å²) in [6.45, 7) is 1.27. The van der Waals surface area contributed by atoms with E-state index in [4.69, 9.17) is 0 Å². The van der Waals surface area contributed by atoms with Gasteiger partial charge in [-0.05, 0) is 67.6 Å². The van der Waals surface area contributed by atoms with Gasteiger partial charge in [0, 0.05) is 36.8 Å². The molecule has 2 aromatic rings. The maximum absolute atomic E-state index is 13.4. The lowest BCUT2D eigenvalue weighted by atomic mass is 9.94. The number of amides is 2. The fourth-order valence-electron chi connectivity index (χ4n) is 4.15. The van der Waals surface area contributed by atoms with E-state index in [1.165, 1.54) is 12.1 Å². The van der Waals surface area contributed by atoms with Crippen LogP contribution in [0.2, 0.25) is 0 Å². The Labute approximate surface area is 174 Å². The van der Waals surface area contributed by atoms with Crippen LogP contribution in [0.25, 0.3) is 0 Å². The molecule has 0 aliphatic carbocycles. The third-order valence-electron chi connectivity index (χ3n) is 5.78. The highest BCUT2D eigenvalue weighted by molar-refractivity contribution is 5.95. The average Bonchev–Trinajstić information content (AvgIpc) is 2.94. The van der Waals surface area contributed by atoms with Crippen molar-refractivity contribution in [3.05, 3.63) is 53.3 Å². The molecule has 2 amide bonds. The number of anilines is 3. The highest BCUT2D eigenvalue weighted by Crippen LogP contribution is 2.29. The van der Waals surface area contributed by atoms with E-state index in [2.05, 4.69) is 10.6 Å². The SMILES string of the molecule is N#Cc1cc(F)ccc1N1CCC(C(=O)Nc2ccc3c(c2)CCCC(=O)N3)CC1. The number of aryl methyl sites for hydroxylation is 1. The van der Waals surface area contributed by atoms with Crippen LogP contribution in [0.3, 0.4) is 0 Å². The summed E-state index contributed by atoms with van der Waals surface area (Å²) in [6, 6.07) is 11.9. The summed E-state index contributed by atoms with van der Waals surface area (Å²) < 4.78 is 13.4. The van der Waals surface area contributed by atoms with Gasteiger partial charge in [-0.3, -0.25) is 9.59 Å². The maximum atomic E-state index is 13.4. The van der Waals surface area contributed by atoms with Crippen molar-refractivity contribution in [1.29, 1.82) is 5.26 Å². The van der Waals surface area contributed by atoms with E-state index in [0.29, 0.717) is 43.6 Å². The number of benzene rings is 2. The average molecular weight is 406 g/mol. The number of nitriles is 1. The lowest BCUT2D eigenvalue weighted by Crippen LogP contribution is -2.38. The lowest BCUT2D eigenvalue weighted by Gasteiger charge is -2.33. The van der Waals surface area contributed by atoms with E-state index in [-0.39, 0.29) is 17.7 Å². The molecule has 0 spiro atoms. The maximum Gasteiger partial charge on any atom is 0.227 e. The Kier molecular flexibility index (Phi) is 5.66. The van der Waals surface area contributed by atoms with Gasteiger partial charge in [-0.15, -0.1) is 0 Å². The fraction of sp³-hybridized carbons (Fsp3) is 0.348. The molecule has 6 nitrogen and oxygen atoms in total. The van der Waals surface area contributed by atoms with Gasteiger partial charge in [0.2, 0.25) is 11.8 Å². The minimum absolute atomic E-state index is 0.0214. The number of halogens is 1. The predicted molar refractivity (Wildman–Crippen MR) is 113 cm³/mol. The second kappa shape index (κ2) is 8.54. The molecular weight excluding hydrogens is 383 g/mol. The van der Waals surface area contributed by atoms with Gasteiger partial charge in [-0.1, -0.05) is 0 Å². The van der Waals surface area contributed by atoms with Crippen LogP contribution in [-0.2, 0) is 16.0 Å². The third-order valence-corrected chi connectivity index (χ3v) is 5.78. The van der Waals surface area contributed by atoms with E-state index in [0.717, 1.165) is 29.8 Å². The van der Waals surface area contributed by atoms with Crippen LogP contribution in [0.5, 0.6) is 0 Å². The van der Waals surface area contributed by atoms with Crippen molar-refractivity contribution >= 4 is 28.9 Å². The topological polar surface area (TPSA) is 85.2 Å². The Morgan fingerprint density at radius 1 is 1.17 bits per heavy atom. The Morgan fingerprint density at radius 2 is 1.97 bits per heavy atom. The van der Waals surface area contributed by atoms with Gasteiger partial charge >= 0.3 is 0 Å². The number of hydrogen-bond donors (Lipinski definition) is 2. The molecule has 0 bridgehead atoms. The van der Waals surface area contributed by atoms with E-state index in [9.17, 15) is 19.2 Å². The molecule has 7 heteroatoms. The molecule has 2 aromatic carbocycles. The summed E-state index contributed by atoms with van der Waals surface area (Å²) in [5.74, 6) is -0.541. The second-order valence-electron chi connectivity index (χ2n) is 7.80. The van der Waals surface area contributed by atoms with Crippen LogP contribution >= 0.6 is 0 Å². The number of fused-ring (bicyclic) bond motifs is 1. The van der Waals surface area contributed by atoms with Gasteiger partial charge < -0.3 is 15.5 Å². The van der Waals surface area contributed by atoms with E-state index in [1.807, 2.05) is 29.2 Å². The zero-order valence-corrected chi connectivity index (χ0v) is 16.6. The molecule has 1 saturated heterocycles. The standard InChI is InChI=1S/C23H23FN4O2/c24-18-4-7-21(17(12-18)14-25)28-10-8-15(9-11-28)23(30)26-19-5-6-20-16(13-19)2-1-3-22(29)27-20/h4-7,12-13,15H,1-3,8-11H2,(H,26,30)(H,27,29). The Bertz CT molecular complexity index is 1020. The quantitative estimate of drug-likeness (QED) is 0.811. The van der Waals surface area contributed by atoms with Crippen molar-refractivity contribution in [3.8, 4) is 6.07 Å². The molecule has 2 heterocycles. The number of piperidine rings is 1. The molecule has 2 aliphatic rings. The molecular formula is C23H23FN4O2. The van der Waals surface area contributed by atoms with Crippen molar-refractivity contribution in [1.82, 2.24) is 0 Å². The molecule has 0 atom stereocenters. The number of nitrogens with zero attached hydrogens (tertiary/aromatic N) is 2. The Balaban J connectivity index is 1.38.